The molecule has 6 heteroatoms. The molecule has 96 valence electrons. The molecule has 2 rings (SSSR count). The zero-order valence-corrected chi connectivity index (χ0v) is 10.2. The lowest BCUT2D eigenvalue weighted by molar-refractivity contribution is -0.121. The number of hydrogen-bond acceptors (Lipinski definition) is 4. The number of nitrogens with one attached hydrogen (secondary N) is 1. The highest BCUT2D eigenvalue weighted by atomic mass is 16.2. The van der Waals surface area contributed by atoms with Crippen LogP contribution >= 0.6 is 0 Å². The van der Waals surface area contributed by atoms with Crippen LogP contribution in [0.3, 0.4) is 0 Å². The number of rotatable bonds is 5. The van der Waals surface area contributed by atoms with Crippen LogP contribution in [0.15, 0.2) is 24.5 Å². The fourth-order valence-corrected chi connectivity index (χ4v) is 1.83. The summed E-state index contributed by atoms with van der Waals surface area (Å²) in [6.07, 6.45) is 4.24. The van der Waals surface area contributed by atoms with Gasteiger partial charge in [0, 0.05) is 29.9 Å². The van der Waals surface area contributed by atoms with Gasteiger partial charge in [-0.05, 0) is 12.1 Å². The van der Waals surface area contributed by atoms with Gasteiger partial charge in [0.15, 0.2) is 6.29 Å². The summed E-state index contributed by atoms with van der Waals surface area (Å²) in [6.45, 7) is 0.398. The molecule has 2 aromatic rings. The minimum absolute atomic E-state index is 0.0762. The van der Waals surface area contributed by atoms with Crippen LogP contribution in [0.1, 0.15) is 16.8 Å². The summed E-state index contributed by atoms with van der Waals surface area (Å²) in [6, 6.07) is 5.48. The van der Waals surface area contributed by atoms with Gasteiger partial charge in [0.2, 0.25) is 5.91 Å². The largest absolute Gasteiger partial charge is 0.354 e. The van der Waals surface area contributed by atoms with E-state index < -0.39 is 0 Å². The predicted molar refractivity (Wildman–Crippen MR) is 68.4 cm³/mol. The number of nitriles is 1. The summed E-state index contributed by atoms with van der Waals surface area (Å²) in [4.78, 5) is 26.8. The van der Waals surface area contributed by atoms with Crippen LogP contribution in [0.5, 0.6) is 0 Å². The van der Waals surface area contributed by atoms with Crippen molar-refractivity contribution in [2.45, 2.75) is 13.0 Å². The van der Waals surface area contributed by atoms with Crippen LogP contribution in [0.2, 0.25) is 0 Å². The van der Waals surface area contributed by atoms with Gasteiger partial charge in [0.05, 0.1) is 12.5 Å². The van der Waals surface area contributed by atoms with Crippen molar-refractivity contribution < 1.29 is 9.59 Å². The van der Waals surface area contributed by atoms with E-state index in [1.54, 1.807) is 29.1 Å². The highest BCUT2D eigenvalue weighted by Gasteiger charge is 2.10. The number of hydrogen-bond donors (Lipinski definition) is 1. The van der Waals surface area contributed by atoms with E-state index in [4.69, 9.17) is 5.26 Å². The van der Waals surface area contributed by atoms with Crippen molar-refractivity contribution in [1.29, 1.82) is 5.26 Å². The molecule has 0 unspecified atom stereocenters. The number of carbonyl (C=O) groups excluding carboxylic acids is 2. The molecule has 0 aliphatic heterocycles. The van der Waals surface area contributed by atoms with E-state index in [0.29, 0.717) is 17.8 Å². The molecule has 2 aromatic heterocycles. The summed E-state index contributed by atoms with van der Waals surface area (Å²) < 4.78 is 1.63. The normalized spacial score (nSPS) is 10.1. The summed E-state index contributed by atoms with van der Waals surface area (Å²) >= 11 is 0. The molecule has 19 heavy (non-hydrogen) atoms. The third kappa shape index (κ3) is 2.77. The second-order valence-corrected chi connectivity index (χ2v) is 3.96. The smallest absolute Gasteiger partial charge is 0.240 e. The summed E-state index contributed by atoms with van der Waals surface area (Å²) in [5, 5.41) is 11.7. The first-order chi connectivity index (χ1) is 9.26. The Morgan fingerprint density at radius 3 is 3.16 bits per heavy atom. The van der Waals surface area contributed by atoms with Crippen molar-refractivity contribution in [3.05, 3.63) is 30.1 Å². The van der Waals surface area contributed by atoms with Crippen molar-refractivity contribution in [2.75, 3.05) is 6.54 Å². The molecule has 2 heterocycles. The Labute approximate surface area is 109 Å². The van der Waals surface area contributed by atoms with Crippen LogP contribution in [-0.2, 0) is 11.3 Å². The first-order valence-corrected chi connectivity index (χ1v) is 5.79. The van der Waals surface area contributed by atoms with E-state index in [1.807, 2.05) is 6.07 Å². The van der Waals surface area contributed by atoms with E-state index in [2.05, 4.69) is 10.3 Å². The lowest BCUT2D eigenvalue weighted by Gasteiger charge is -2.04. The van der Waals surface area contributed by atoms with E-state index >= 15 is 0 Å². The molecule has 0 aromatic carbocycles. The highest BCUT2D eigenvalue weighted by Crippen LogP contribution is 2.17. The maximum Gasteiger partial charge on any atom is 0.240 e. The number of carbonyl (C=O) groups is 2. The van der Waals surface area contributed by atoms with Gasteiger partial charge in [-0.25, -0.2) is 4.98 Å². The topological polar surface area (TPSA) is 87.8 Å². The average Bonchev–Trinajstić information content (AvgIpc) is 2.77. The fraction of sp³-hybridized carbons (Fsp3) is 0.231. The monoisotopic (exact) mass is 256 g/mol. The van der Waals surface area contributed by atoms with E-state index in [1.165, 1.54) is 0 Å². The molecule has 0 radical (unpaired) electrons. The van der Waals surface area contributed by atoms with Crippen LogP contribution in [0.25, 0.3) is 11.0 Å². The molecule has 0 aliphatic rings. The molecule has 0 atom stereocenters. The minimum atomic E-state index is -0.213. The highest BCUT2D eigenvalue weighted by molar-refractivity contribution is 5.96. The SMILES string of the molecule is N#CCCNC(=O)Cn1cc(C=O)c2cccnc21. The Morgan fingerprint density at radius 2 is 2.42 bits per heavy atom. The zero-order valence-electron chi connectivity index (χ0n) is 10.2. The summed E-state index contributed by atoms with van der Waals surface area (Å²) in [7, 11) is 0. The van der Waals surface area contributed by atoms with Gasteiger partial charge in [0.1, 0.15) is 12.2 Å². The minimum Gasteiger partial charge on any atom is -0.354 e. The van der Waals surface area contributed by atoms with E-state index in [9.17, 15) is 9.59 Å². The molecule has 0 saturated heterocycles. The molecule has 0 saturated carbocycles. The quantitative estimate of drug-likeness (QED) is 0.635. The number of nitrogens with zero attached hydrogens (tertiary/aromatic N) is 3. The lowest BCUT2D eigenvalue weighted by Crippen LogP contribution is -2.28. The van der Waals surface area contributed by atoms with Crippen LogP contribution < -0.4 is 5.32 Å². The lowest BCUT2D eigenvalue weighted by atomic mass is 10.2. The Hall–Kier alpha value is -2.68. The molecular weight excluding hydrogens is 244 g/mol. The molecular formula is C13H12N4O2. The Morgan fingerprint density at radius 1 is 1.58 bits per heavy atom. The number of pyridine rings is 1. The molecule has 0 spiro atoms. The maximum atomic E-state index is 11.7. The summed E-state index contributed by atoms with van der Waals surface area (Å²) in [5.41, 5.74) is 1.10. The second kappa shape index (κ2) is 5.78. The molecule has 1 N–H and O–H groups in total. The van der Waals surface area contributed by atoms with Gasteiger partial charge < -0.3 is 9.88 Å². The molecule has 0 aliphatic carbocycles. The standard InChI is InChI=1S/C13H12N4O2/c14-4-2-6-15-12(19)8-17-7-10(9-18)11-3-1-5-16-13(11)17/h1,3,5,7,9H,2,6,8H2,(H,15,19). The van der Waals surface area contributed by atoms with E-state index in [0.717, 1.165) is 11.7 Å². The van der Waals surface area contributed by atoms with Gasteiger partial charge in [0.25, 0.3) is 0 Å². The van der Waals surface area contributed by atoms with Gasteiger partial charge >= 0.3 is 0 Å². The number of aldehydes is 1. The van der Waals surface area contributed by atoms with Crippen molar-refractivity contribution in [3.63, 3.8) is 0 Å². The number of aromatic nitrogens is 2. The molecule has 1 amide bonds. The Balaban J connectivity index is 2.19. The van der Waals surface area contributed by atoms with Crippen molar-refractivity contribution >= 4 is 23.2 Å². The van der Waals surface area contributed by atoms with Gasteiger partial charge in [-0.3, -0.25) is 9.59 Å². The summed E-state index contributed by atoms with van der Waals surface area (Å²) in [5.74, 6) is -0.213. The van der Waals surface area contributed by atoms with Crippen LogP contribution in [0, 0.1) is 11.3 Å². The first kappa shape index (κ1) is 12.8. The van der Waals surface area contributed by atoms with Gasteiger partial charge in [-0.1, -0.05) is 0 Å². The predicted octanol–water partition coefficient (Wildman–Crippen LogP) is 0.879. The third-order valence-electron chi connectivity index (χ3n) is 2.66. The molecule has 6 nitrogen and oxygen atoms in total. The zero-order chi connectivity index (χ0) is 13.7. The number of fused-ring (bicyclic) bond motifs is 1. The molecule has 0 fully saturated rings. The Kier molecular flexibility index (Phi) is 3.88. The molecule has 0 bridgehead atoms. The first-order valence-electron chi connectivity index (χ1n) is 5.79. The van der Waals surface area contributed by atoms with Crippen molar-refractivity contribution in [2.24, 2.45) is 0 Å². The average molecular weight is 256 g/mol. The fourth-order valence-electron chi connectivity index (χ4n) is 1.83. The Bertz CT molecular complexity index is 654. The van der Waals surface area contributed by atoms with E-state index in [-0.39, 0.29) is 18.9 Å². The maximum absolute atomic E-state index is 11.7. The second-order valence-electron chi connectivity index (χ2n) is 3.96. The number of amides is 1. The van der Waals surface area contributed by atoms with Crippen molar-refractivity contribution in [1.82, 2.24) is 14.9 Å². The van der Waals surface area contributed by atoms with Crippen molar-refractivity contribution in [3.8, 4) is 6.07 Å². The van der Waals surface area contributed by atoms with Crippen LogP contribution in [-0.4, -0.2) is 28.3 Å². The third-order valence-corrected chi connectivity index (χ3v) is 2.66. The van der Waals surface area contributed by atoms with Gasteiger partial charge in [-0.2, -0.15) is 5.26 Å². The van der Waals surface area contributed by atoms with Crippen LogP contribution in [0.4, 0.5) is 0 Å². The van der Waals surface area contributed by atoms with Gasteiger partial charge in [-0.15, -0.1) is 0 Å².